The van der Waals surface area contributed by atoms with Gasteiger partial charge >= 0.3 is 5.97 Å². The molecule has 0 radical (unpaired) electrons. The van der Waals surface area contributed by atoms with Crippen LogP contribution >= 0.6 is 0 Å². The second-order valence-corrected chi connectivity index (χ2v) is 11.5. The lowest BCUT2D eigenvalue weighted by Gasteiger charge is -2.39. The van der Waals surface area contributed by atoms with Gasteiger partial charge in [0.25, 0.3) is 5.91 Å². The smallest absolute Gasteiger partial charge is 0.306 e. The molecule has 3 aromatic carbocycles. The van der Waals surface area contributed by atoms with Gasteiger partial charge in [-0.3, -0.25) is 14.4 Å². The summed E-state index contributed by atoms with van der Waals surface area (Å²) in [7, 11) is 0. The van der Waals surface area contributed by atoms with Crippen LogP contribution in [-0.2, 0) is 20.7 Å². The molecular formula is C34H40N4O5. The number of nitrogens with zero attached hydrogens (tertiary/aromatic N) is 2. The average molecular weight is 585 g/mol. The molecule has 0 aliphatic carbocycles. The van der Waals surface area contributed by atoms with Crippen molar-refractivity contribution in [3.63, 3.8) is 0 Å². The lowest BCUT2D eigenvalue weighted by molar-refractivity contribution is -0.141. The molecule has 0 spiro atoms. The van der Waals surface area contributed by atoms with Gasteiger partial charge in [-0.05, 0) is 91.9 Å². The summed E-state index contributed by atoms with van der Waals surface area (Å²) in [5.74, 6) is -1.47. The Balaban J connectivity index is 1.32. The first-order valence-electron chi connectivity index (χ1n) is 15.0. The standard InChI is InChI=1S/C34H40N4O5/c1-22(34(41)42)4-5-25-6-9-28(10-7-25)36-33(40)26-8-15-32-30(21-26)31(20-23(2)38(32)24(3)39)35-27-11-13-29(14-12-27)37-16-18-43-19-17-37/h6-15,21-23,31,35H,4-5,16-20H2,1-3H3,(H,36,40)(H,41,42). The SMILES string of the molecule is CC(=O)N1c2ccc(C(=O)Nc3ccc(CCC(C)C(=O)O)cc3)cc2C(Nc2ccc(N3CCOCC3)cc2)CC1C. The molecule has 0 saturated carbocycles. The zero-order chi connectivity index (χ0) is 30.5. The number of aryl methyl sites for hydroxylation is 1. The number of carbonyl (C=O) groups is 3. The number of carbonyl (C=O) groups excluding carboxylic acids is 2. The second kappa shape index (κ2) is 13.3. The fourth-order valence-corrected chi connectivity index (χ4v) is 5.88. The van der Waals surface area contributed by atoms with Crippen molar-refractivity contribution in [3.8, 4) is 0 Å². The first-order chi connectivity index (χ1) is 20.7. The highest BCUT2D eigenvalue weighted by molar-refractivity contribution is 6.05. The third-order valence-electron chi connectivity index (χ3n) is 8.37. The van der Waals surface area contributed by atoms with E-state index in [1.165, 1.54) is 0 Å². The van der Waals surface area contributed by atoms with Crippen LogP contribution in [0.15, 0.2) is 66.7 Å². The van der Waals surface area contributed by atoms with Gasteiger partial charge in [-0.25, -0.2) is 0 Å². The van der Waals surface area contributed by atoms with Gasteiger partial charge in [0.05, 0.1) is 25.2 Å². The largest absolute Gasteiger partial charge is 0.481 e. The van der Waals surface area contributed by atoms with E-state index in [2.05, 4.69) is 39.8 Å². The maximum absolute atomic E-state index is 13.3. The predicted octanol–water partition coefficient (Wildman–Crippen LogP) is 5.73. The highest BCUT2D eigenvalue weighted by Crippen LogP contribution is 2.40. The van der Waals surface area contributed by atoms with E-state index in [-0.39, 0.29) is 23.9 Å². The number of hydrogen-bond donors (Lipinski definition) is 3. The molecule has 9 nitrogen and oxygen atoms in total. The molecule has 226 valence electrons. The number of benzene rings is 3. The van der Waals surface area contributed by atoms with E-state index in [9.17, 15) is 14.4 Å². The van der Waals surface area contributed by atoms with Crippen molar-refractivity contribution in [2.45, 2.75) is 52.1 Å². The van der Waals surface area contributed by atoms with E-state index >= 15 is 0 Å². The molecule has 1 fully saturated rings. The Morgan fingerprint density at radius 1 is 0.977 bits per heavy atom. The van der Waals surface area contributed by atoms with Gasteiger partial charge < -0.3 is 30.3 Å². The third kappa shape index (κ3) is 7.17. The van der Waals surface area contributed by atoms with E-state index in [1.54, 1.807) is 24.8 Å². The number of hydrogen-bond acceptors (Lipinski definition) is 6. The first-order valence-corrected chi connectivity index (χ1v) is 15.0. The Morgan fingerprint density at radius 3 is 2.30 bits per heavy atom. The van der Waals surface area contributed by atoms with Gasteiger partial charge in [0.15, 0.2) is 0 Å². The minimum absolute atomic E-state index is 0.00759. The Labute approximate surface area is 252 Å². The molecule has 3 aromatic rings. The normalized spacial score (nSPS) is 18.9. The number of amides is 2. The highest BCUT2D eigenvalue weighted by atomic mass is 16.5. The zero-order valence-electron chi connectivity index (χ0n) is 25.0. The van der Waals surface area contributed by atoms with Crippen molar-refractivity contribution in [3.05, 3.63) is 83.4 Å². The molecule has 5 rings (SSSR count). The van der Waals surface area contributed by atoms with Gasteiger partial charge in [0, 0.05) is 54.4 Å². The molecule has 0 bridgehead atoms. The predicted molar refractivity (Wildman–Crippen MR) is 169 cm³/mol. The summed E-state index contributed by atoms with van der Waals surface area (Å²) in [5.41, 5.74) is 6.04. The average Bonchev–Trinajstić information content (AvgIpc) is 3.01. The highest BCUT2D eigenvalue weighted by Gasteiger charge is 2.33. The number of carboxylic acids is 1. The summed E-state index contributed by atoms with van der Waals surface area (Å²) in [6.45, 7) is 8.55. The van der Waals surface area contributed by atoms with Crippen molar-refractivity contribution < 1.29 is 24.2 Å². The van der Waals surface area contributed by atoms with Gasteiger partial charge in [0.1, 0.15) is 0 Å². The summed E-state index contributed by atoms with van der Waals surface area (Å²) < 4.78 is 5.47. The number of ether oxygens (including phenoxy) is 1. The van der Waals surface area contributed by atoms with Crippen LogP contribution in [-0.4, -0.2) is 55.2 Å². The summed E-state index contributed by atoms with van der Waals surface area (Å²) in [6.07, 6.45) is 1.91. The molecule has 0 aromatic heterocycles. The monoisotopic (exact) mass is 584 g/mol. The van der Waals surface area contributed by atoms with Crippen molar-refractivity contribution in [1.82, 2.24) is 0 Å². The number of aliphatic carboxylic acids is 1. The van der Waals surface area contributed by atoms with Crippen molar-refractivity contribution >= 4 is 40.5 Å². The quantitative estimate of drug-likeness (QED) is 0.295. The van der Waals surface area contributed by atoms with Crippen LogP contribution in [0.1, 0.15) is 61.1 Å². The van der Waals surface area contributed by atoms with E-state index in [0.29, 0.717) is 30.5 Å². The van der Waals surface area contributed by atoms with Crippen LogP contribution < -0.4 is 20.4 Å². The van der Waals surface area contributed by atoms with Crippen LogP contribution in [0.25, 0.3) is 0 Å². The lowest BCUT2D eigenvalue weighted by atomic mass is 9.90. The van der Waals surface area contributed by atoms with Crippen molar-refractivity contribution in [1.29, 1.82) is 0 Å². The minimum atomic E-state index is -0.797. The third-order valence-corrected chi connectivity index (χ3v) is 8.37. The van der Waals surface area contributed by atoms with Gasteiger partial charge in [-0.1, -0.05) is 19.1 Å². The van der Waals surface area contributed by atoms with E-state index in [4.69, 9.17) is 9.84 Å². The summed E-state index contributed by atoms with van der Waals surface area (Å²) >= 11 is 0. The number of rotatable bonds is 9. The van der Waals surface area contributed by atoms with Crippen LogP contribution in [0.3, 0.4) is 0 Å². The molecule has 2 amide bonds. The topological polar surface area (TPSA) is 111 Å². The van der Waals surface area contributed by atoms with Gasteiger partial charge in [0.2, 0.25) is 5.91 Å². The molecule has 1 saturated heterocycles. The van der Waals surface area contributed by atoms with Crippen molar-refractivity contribution in [2.75, 3.05) is 46.7 Å². The van der Waals surface area contributed by atoms with E-state index < -0.39 is 11.9 Å². The summed E-state index contributed by atoms with van der Waals surface area (Å²) in [5, 5.41) is 15.7. The number of fused-ring (bicyclic) bond motifs is 1. The van der Waals surface area contributed by atoms with E-state index in [0.717, 1.165) is 54.5 Å². The maximum atomic E-state index is 13.3. The first kappa shape index (κ1) is 30.1. The van der Waals surface area contributed by atoms with Crippen LogP contribution in [0.5, 0.6) is 0 Å². The second-order valence-electron chi connectivity index (χ2n) is 11.5. The molecule has 9 heteroatoms. The Morgan fingerprint density at radius 2 is 1.65 bits per heavy atom. The Hall–Kier alpha value is -4.37. The van der Waals surface area contributed by atoms with Gasteiger partial charge in [-0.15, -0.1) is 0 Å². The molecule has 3 unspecified atom stereocenters. The molecule has 3 N–H and O–H groups in total. The molecule has 2 aliphatic heterocycles. The van der Waals surface area contributed by atoms with Gasteiger partial charge in [-0.2, -0.15) is 0 Å². The van der Waals surface area contributed by atoms with Crippen LogP contribution in [0.2, 0.25) is 0 Å². The summed E-state index contributed by atoms with van der Waals surface area (Å²) in [6, 6.07) is 21.3. The number of anilines is 4. The maximum Gasteiger partial charge on any atom is 0.306 e. The van der Waals surface area contributed by atoms with E-state index in [1.807, 2.05) is 43.3 Å². The number of carboxylic acid groups (broad SMARTS) is 1. The number of nitrogens with one attached hydrogen (secondary N) is 2. The molecule has 3 atom stereocenters. The minimum Gasteiger partial charge on any atom is -0.481 e. The Kier molecular flexibility index (Phi) is 9.31. The Bertz CT molecular complexity index is 1450. The number of morpholine rings is 1. The molecule has 43 heavy (non-hydrogen) atoms. The zero-order valence-corrected chi connectivity index (χ0v) is 25.0. The lowest BCUT2D eigenvalue weighted by Crippen LogP contribution is -2.43. The fourth-order valence-electron chi connectivity index (χ4n) is 5.88. The van der Waals surface area contributed by atoms with Crippen LogP contribution in [0, 0.1) is 5.92 Å². The van der Waals surface area contributed by atoms with Crippen LogP contribution in [0.4, 0.5) is 22.7 Å². The molecular weight excluding hydrogens is 544 g/mol. The van der Waals surface area contributed by atoms with Crippen molar-refractivity contribution in [2.24, 2.45) is 5.92 Å². The summed E-state index contributed by atoms with van der Waals surface area (Å²) in [4.78, 5) is 41.1. The molecule has 2 heterocycles. The fraction of sp³-hybridized carbons (Fsp3) is 0.382. The molecule has 2 aliphatic rings.